The lowest BCUT2D eigenvalue weighted by Crippen LogP contribution is -2.42. The van der Waals surface area contributed by atoms with Crippen LogP contribution >= 0.6 is 0 Å². The summed E-state index contributed by atoms with van der Waals surface area (Å²) in [5, 5.41) is 3.57. The molecule has 1 fully saturated rings. The fourth-order valence-corrected chi connectivity index (χ4v) is 2.34. The number of carbonyl (C=O) groups excluding carboxylic acids is 1. The van der Waals surface area contributed by atoms with Gasteiger partial charge in [-0.3, -0.25) is 0 Å². The summed E-state index contributed by atoms with van der Waals surface area (Å²) >= 11 is 0. The van der Waals surface area contributed by atoms with E-state index in [2.05, 4.69) is 12.2 Å². The van der Waals surface area contributed by atoms with Crippen molar-refractivity contribution in [3.05, 3.63) is 0 Å². The summed E-state index contributed by atoms with van der Waals surface area (Å²) < 4.78 is 10.6. The molecule has 2 unspecified atom stereocenters. The minimum absolute atomic E-state index is 0.259. The van der Waals surface area contributed by atoms with Gasteiger partial charge in [0.05, 0.1) is 6.61 Å². The van der Waals surface area contributed by atoms with Crippen LogP contribution in [0.5, 0.6) is 0 Å². The van der Waals surface area contributed by atoms with Gasteiger partial charge in [0.25, 0.3) is 0 Å². The van der Waals surface area contributed by atoms with Gasteiger partial charge in [-0.15, -0.1) is 0 Å². The van der Waals surface area contributed by atoms with Crippen LogP contribution in [0.15, 0.2) is 0 Å². The standard InChI is InChI=1S/C16H32N2O3/c1-12(9-17-14(11-20-6)13-7-8-13)10-18(5)15(19)21-16(2,3)4/h12-14,17H,7-11H2,1-6H3. The molecular weight excluding hydrogens is 268 g/mol. The molecule has 0 radical (unpaired) electrons. The molecule has 0 aromatic heterocycles. The molecule has 1 N–H and O–H groups in total. The lowest BCUT2D eigenvalue weighted by molar-refractivity contribution is 0.0275. The Morgan fingerprint density at radius 1 is 1.38 bits per heavy atom. The number of ether oxygens (including phenoxy) is 2. The quantitative estimate of drug-likeness (QED) is 0.748. The van der Waals surface area contributed by atoms with Crippen LogP contribution in [-0.4, -0.2) is 56.5 Å². The fraction of sp³-hybridized carbons (Fsp3) is 0.938. The first-order chi connectivity index (χ1) is 9.73. The summed E-state index contributed by atoms with van der Waals surface area (Å²) in [6, 6.07) is 0.448. The highest BCUT2D eigenvalue weighted by Crippen LogP contribution is 2.32. The molecule has 0 aromatic rings. The monoisotopic (exact) mass is 300 g/mol. The number of hydrogen-bond donors (Lipinski definition) is 1. The zero-order valence-corrected chi connectivity index (χ0v) is 14.4. The van der Waals surface area contributed by atoms with E-state index in [4.69, 9.17) is 9.47 Å². The van der Waals surface area contributed by atoms with Crippen LogP contribution in [0.2, 0.25) is 0 Å². The van der Waals surface area contributed by atoms with Gasteiger partial charge in [-0.2, -0.15) is 0 Å². The molecule has 1 aliphatic rings. The summed E-state index contributed by atoms with van der Waals surface area (Å²) in [7, 11) is 3.54. The topological polar surface area (TPSA) is 50.8 Å². The second kappa shape index (κ2) is 7.99. The molecule has 1 amide bonds. The van der Waals surface area contributed by atoms with Crippen molar-refractivity contribution in [2.45, 2.75) is 52.2 Å². The number of amides is 1. The molecule has 0 aromatic carbocycles. The largest absolute Gasteiger partial charge is 0.444 e. The van der Waals surface area contributed by atoms with E-state index in [9.17, 15) is 4.79 Å². The molecule has 0 heterocycles. The zero-order valence-electron chi connectivity index (χ0n) is 14.4. The van der Waals surface area contributed by atoms with Crippen molar-refractivity contribution in [2.75, 3.05) is 33.9 Å². The van der Waals surface area contributed by atoms with Gasteiger partial charge in [0, 0.05) is 26.7 Å². The van der Waals surface area contributed by atoms with Crippen molar-refractivity contribution >= 4 is 6.09 Å². The molecule has 2 atom stereocenters. The van der Waals surface area contributed by atoms with Crippen molar-refractivity contribution in [2.24, 2.45) is 11.8 Å². The van der Waals surface area contributed by atoms with Crippen molar-refractivity contribution in [3.8, 4) is 0 Å². The molecule has 5 heteroatoms. The predicted octanol–water partition coefficient (Wildman–Crippen LogP) is 2.50. The minimum Gasteiger partial charge on any atom is -0.444 e. The predicted molar refractivity (Wildman–Crippen MR) is 84.4 cm³/mol. The van der Waals surface area contributed by atoms with E-state index < -0.39 is 5.60 Å². The molecule has 1 saturated carbocycles. The highest BCUT2D eigenvalue weighted by Gasteiger charge is 2.31. The van der Waals surface area contributed by atoms with E-state index in [1.165, 1.54) is 12.8 Å². The summed E-state index contributed by atoms with van der Waals surface area (Å²) in [5.41, 5.74) is -0.442. The molecule has 1 rings (SSSR count). The Hall–Kier alpha value is -0.810. The molecule has 0 spiro atoms. The Bertz CT molecular complexity index is 324. The van der Waals surface area contributed by atoms with Crippen LogP contribution < -0.4 is 5.32 Å². The van der Waals surface area contributed by atoms with Crippen molar-refractivity contribution in [3.63, 3.8) is 0 Å². The van der Waals surface area contributed by atoms with Crippen LogP contribution in [0.4, 0.5) is 4.79 Å². The Kier molecular flexibility index (Phi) is 6.94. The van der Waals surface area contributed by atoms with Crippen LogP contribution in [0.25, 0.3) is 0 Å². The normalized spacial score (nSPS) is 18.2. The maximum absolute atomic E-state index is 11.9. The lowest BCUT2D eigenvalue weighted by Gasteiger charge is -2.27. The molecule has 1 aliphatic carbocycles. The third-order valence-corrected chi connectivity index (χ3v) is 3.56. The number of methoxy groups -OCH3 is 1. The van der Waals surface area contributed by atoms with E-state index in [0.717, 1.165) is 19.1 Å². The first kappa shape index (κ1) is 18.2. The minimum atomic E-state index is -0.442. The zero-order chi connectivity index (χ0) is 16.0. The van der Waals surface area contributed by atoms with Gasteiger partial charge in [-0.25, -0.2) is 4.79 Å². The average molecular weight is 300 g/mol. The van der Waals surface area contributed by atoms with Crippen LogP contribution in [0.1, 0.15) is 40.5 Å². The van der Waals surface area contributed by atoms with E-state index in [-0.39, 0.29) is 6.09 Å². The number of hydrogen-bond acceptors (Lipinski definition) is 4. The Labute approximate surface area is 129 Å². The van der Waals surface area contributed by atoms with Crippen molar-refractivity contribution < 1.29 is 14.3 Å². The molecule has 5 nitrogen and oxygen atoms in total. The first-order valence-electron chi connectivity index (χ1n) is 7.89. The maximum Gasteiger partial charge on any atom is 0.410 e. The smallest absolute Gasteiger partial charge is 0.410 e. The highest BCUT2D eigenvalue weighted by molar-refractivity contribution is 5.67. The Balaban J connectivity index is 2.28. The number of nitrogens with zero attached hydrogens (tertiary/aromatic N) is 1. The third-order valence-electron chi connectivity index (χ3n) is 3.56. The lowest BCUT2D eigenvalue weighted by atomic mass is 10.1. The van der Waals surface area contributed by atoms with E-state index in [1.807, 2.05) is 20.8 Å². The molecule has 21 heavy (non-hydrogen) atoms. The summed E-state index contributed by atoms with van der Waals surface area (Å²) in [5.74, 6) is 1.14. The Morgan fingerprint density at radius 2 is 2.00 bits per heavy atom. The number of carbonyl (C=O) groups is 1. The average Bonchev–Trinajstić information content (AvgIpc) is 3.16. The van der Waals surface area contributed by atoms with Gasteiger partial charge in [0.1, 0.15) is 5.60 Å². The van der Waals surface area contributed by atoms with Crippen molar-refractivity contribution in [1.82, 2.24) is 10.2 Å². The van der Waals surface area contributed by atoms with Gasteiger partial charge in [0.2, 0.25) is 0 Å². The summed E-state index contributed by atoms with van der Waals surface area (Å²) in [6.45, 7) is 10.1. The molecule has 0 saturated heterocycles. The van der Waals surface area contributed by atoms with Crippen molar-refractivity contribution in [1.29, 1.82) is 0 Å². The van der Waals surface area contributed by atoms with Gasteiger partial charge in [-0.1, -0.05) is 6.92 Å². The highest BCUT2D eigenvalue weighted by atomic mass is 16.6. The van der Waals surface area contributed by atoms with Gasteiger partial charge >= 0.3 is 6.09 Å². The van der Waals surface area contributed by atoms with Crippen LogP contribution in [0.3, 0.4) is 0 Å². The van der Waals surface area contributed by atoms with Gasteiger partial charge in [0.15, 0.2) is 0 Å². The number of nitrogens with one attached hydrogen (secondary N) is 1. The summed E-state index contributed by atoms with van der Waals surface area (Å²) in [6.07, 6.45) is 2.34. The van der Waals surface area contributed by atoms with E-state index >= 15 is 0 Å². The second-order valence-corrected chi connectivity index (χ2v) is 7.27. The summed E-state index contributed by atoms with van der Waals surface area (Å²) in [4.78, 5) is 13.6. The van der Waals surface area contributed by atoms with Crippen LogP contribution in [-0.2, 0) is 9.47 Å². The molecule has 124 valence electrons. The van der Waals surface area contributed by atoms with E-state index in [0.29, 0.717) is 18.5 Å². The SMILES string of the molecule is COCC(NCC(C)CN(C)C(=O)OC(C)(C)C)C1CC1. The van der Waals surface area contributed by atoms with Gasteiger partial charge < -0.3 is 19.7 Å². The fourth-order valence-electron chi connectivity index (χ4n) is 2.34. The van der Waals surface area contributed by atoms with Crippen LogP contribution in [0, 0.1) is 11.8 Å². The maximum atomic E-state index is 11.9. The first-order valence-corrected chi connectivity index (χ1v) is 7.89. The molecule has 0 bridgehead atoms. The second-order valence-electron chi connectivity index (χ2n) is 7.27. The molecule has 0 aliphatic heterocycles. The third kappa shape index (κ3) is 7.67. The molecular formula is C16H32N2O3. The number of rotatable bonds is 8. The van der Waals surface area contributed by atoms with E-state index in [1.54, 1.807) is 19.1 Å². The Morgan fingerprint density at radius 3 is 2.48 bits per heavy atom. The van der Waals surface area contributed by atoms with Gasteiger partial charge in [-0.05, 0) is 52.0 Å².